The summed E-state index contributed by atoms with van der Waals surface area (Å²) in [5, 5.41) is 0. The number of hydrogen-bond acceptors (Lipinski definition) is 8. The van der Waals surface area contributed by atoms with E-state index < -0.39 is 32.5 Å². The highest BCUT2D eigenvalue weighted by molar-refractivity contribution is 7.45. The van der Waals surface area contributed by atoms with Crippen LogP contribution in [0.15, 0.2) is 109 Å². The quantitative estimate of drug-likeness (QED) is 0.0195. The van der Waals surface area contributed by atoms with Crippen LogP contribution in [0.2, 0.25) is 0 Å². The van der Waals surface area contributed by atoms with Crippen LogP contribution in [-0.2, 0) is 32.7 Å². The zero-order valence-electron chi connectivity index (χ0n) is 49.4. The number of nitrogens with zero attached hydrogens (tertiary/aromatic N) is 1. The molecule has 0 amide bonds. The molecule has 0 heterocycles. The smallest absolute Gasteiger partial charge is 0.310 e. The van der Waals surface area contributed by atoms with Gasteiger partial charge in [-0.15, -0.1) is 0 Å². The van der Waals surface area contributed by atoms with Crippen molar-refractivity contribution in [1.82, 2.24) is 0 Å². The largest absolute Gasteiger partial charge is 0.756 e. The molecule has 0 N–H and O–H groups in total. The minimum Gasteiger partial charge on any atom is -0.756 e. The Hall–Kier alpha value is -3.33. The minimum atomic E-state index is -4.66. The summed E-state index contributed by atoms with van der Waals surface area (Å²) in [4.78, 5) is 37.7. The zero-order valence-corrected chi connectivity index (χ0v) is 50.3. The molecule has 0 aliphatic rings. The van der Waals surface area contributed by atoms with Crippen molar-refractivity contribution >= 4 is 19.8 Å². The zero-order chi connectivity index (χ0) is 55.6. The van der Waals surface area contributed by atoms with E-state index in [-0.39, 0.29) is 26.1 Å². The summed E-state index contributed by atoms with van der Waals surface area (Å²) in [6.07, 6.45) is 79.3. The maximum atomic E-state index is 12.7. The van der Waals surface area contributed by atoms with Crippen LogP contribution in [0.3, 0.4) is 0 Å². The topological polar surface area (TPSA) is 111 Å². The van der Waals surface area contributed by atoms with E-state index in [1.54, 1.807) is 6.08 Å². The van der Waals surface area contributed by atoms with E-state index in [1.807, 2.05) is 33.3 Å². The van der Waals surface area contributed by atoms with E-state index in [4.69, 9.17) is 18.5 Å². The van der Waals surface area contributed by atoms with Gasteiger partial charge in [0.1, 0.15) is 19.8 Å². The summed E-state index contributed by atoms with van der Waals surface area (Å²) in [6.45, 7) is 3.90. The van der Waals surface area contributed by atoms with Crippen molar-refractivity contribution in [1.29, 1.82) is 0 Å². The summed E-state index contributed by atoms with van der Waals surface area (Å²) in [5.74, 6) is -0.980. The SMILES string of the molecule is CC/C=C\C/C=C\C/C=C\C/C=C\C/C=C\CC(=O)OC(COC(=O)CCCCCCCCCCCCCCCCCCCCCCCCCC/C=C\C/C=C\C/C=C\C/C=C\CC)COP(=O)([O-])OCC[N+](C)(C)C. The van der Waals surface area contributed by atoms with Gasteiger partial charge in [0, 0.05) is 6.42 Å². The molecule has 10 heteroatoms. The first kappa shape index (κ1) is 72.7. The van der Waals surface area contributed by atoms with Crippen LogP contribution >= 0.6 is 7.82 Å². The second-order valence-electron chi connectivity index (χ2n) is 21.3. The number of likely N-dealkylation sites (N-methyl/N-ethyl adjacent to an activating group) is 1. The third kappa shape index (κ3) is 59.9. The first-order valence-corrected chi connectivity index (χ1v) is 32.1. The fourth-order valence-electron chi connectivity index (χ4n) is 8.19. The number of carbonyl (C=O) groups is 2. The molecule has 0 aromatic rings. The van der Waals surface area contributed by atoms with E-state index in [0.29, 0.717) is 17.4 Å². The van der Waals surface area contributed by atoms with Crippen molar-refractivity contribution in [2.45, 2.75) is 251 Å². The third-order valence-corrected chi connectivity index (χ3v) is 13.8. The monoisotopic (exact) mass is 1080 g/mol. The van der Waals surface area contributed by atoms with Crippen molar-refractivity contribution < 1.29 is 42.1 Å². The van der Waals surface area contributed by atoms with Crippen LogP contribution in [0.1, 0.15) is 245 Å². The van der Waals surface area contributed by atoms with Gasteiger partial charge < -0.3 is 27.9 Å². The van der Waals surface area contributed by atoms with Gasteiger partial charge in [0.05, 0.1) is 34.2 Å². The van der Waals surface area contributed by atoms with Crippen LogP contribution in [-0.4, -0.2) is 70.0 Å². The molecule has 2 unspecified atom stereocenters. The number of quaternary nitrogens is 1. The predicted molar refractivity (Wildman–Crippen MR) is 323 cm³/mol. The number of carbonyl (C=O) groups excluding carboxylic acids is 2. The molecule has 0 spiro atoms. The molecule has 0 saturated carbocycles. The number of ether oxygens (including phenoxy) is 2. The molecule has 0 aliphatic carbocycles. The lowest BCUT2D eigenvalue weighted by Gasteiger charge is -2.28. The van der Waals surface area contributed by atoms with Gasteiger partial charge in [-0.3, -0.25) is 14.2 Å². The highest BCUT2D eigenvalue weighted by Crippen LogP contribution is 2.38. The fourth-order valence-corrected chi connectivity index (χ4v) is 8.92. The van der Waals surface area contributed by atoms with Crippen molar-refractivity contribution in [3.63, 3.8) is 0 Å². The number of phosphoric acid groups is 1. The van der Waals surface area contributed by atoms with Crippen molar-refractivity contribution in [2.75, 3.05) is 47.5 Å². The maximum absolute atomic E-state index is 12.7. The fraction of sp³-hybridized carbons (Fsp3) is 0.697. The number of allylic oxidation sites excluding steroid dienone is 17. The van der Waals surface area contributed by atoms with E-state index >= 15 is 0 Å². The standard InChI is InChI=1S/C66H114NO8P/c1-6-8-10-12-14-16-18-20-22-23-24-25-26-27-28-29-30-31-32-33-34-35-36-37-38-39-40-41-42-43-45-46-48-50-52-54-56-58-65(68)72-62-64(63-74-76(70,71)73-61-60-67(3,4)5)75-66(69)59-57-55-53-51-49-47-44-21-19-17-15-13-11-9-7-2/h8-11,14-17,20-22,24-25,44,49,51,55,57,64H,6-7,12-13,18-19,23,26-43,45-48,50,52-54,56,58-63H2,1-5H3/b10-8-,11-9-,16-14-,17-15-,22-20-,25-24-,44-21-,51-49-,57-55-. The molecule has 0 fully saturated rings. The van der Waals surface area contributed by atoms with E-state index in [0.717, 1.165) is 70.6 Å². The van der Waals surface area contributed by atoms with E-state index in [2.05, 4.69) is 105 Å². The number of unbranched alkanes of at least 4 members (excludes halogenated alkanes) is 24. The summed E-state index contributed by atoms with van der Waals surface area (Å²) in [5.41, 5.74) is 0. The number of esters is 2. The van der Waals surface area contributed by atoms with Crippen LogP contribution in [0.25, 0.3) is 0 Å². The second-order valence-corrected chi connectivity index (χ2v) is 22.7. The van der Waals surface area contributed by atoms with Gasteiger partial charge in [0.25, 0.3) is 7.82 Å². The summed E-state index contributed by atoms with van der Waals surface area (Å²) in [6, 6.07) is 0. The number of rotatable bonds is 55. The molecule has 9 nitrogen and oxygen atoms in total. The summed E-state index contributed by atoms with van der Waals surface area (Å²) >= 11 is 0. The summed E-state index contributed by atoms with van der Waals surface area (Å²) < 4.78 is 34.0. The Bertz CT molecular complexity index is 1650. The van der Waals surface area contributed by atoms with Crippen molar-refractivity contribution in [3.05, 3.63) is 109 Å². The molecule has 0 rings (SSSR count). The van der Waals surface area contributed by atoms with Gasteiger partial charge >= 0.3 is 11.9 Å². The lowest BCUT2D eigenvalue weighted by molar-refractivity contribution is -0.870. The maximum Gasteiger partial charge on any atom is 0.310 e. The van der Waals surface area contributed by atoms with Crippen LogP contribution in [0.4, 0.5) is 0 Å². The highest BCUT2D eigenvalue weighted by atomic mass is 31.2. The van der Waals surface area contributed by atoms with E-state index in [1.165, 1.54) is 141 Å². The Balaban J connectivity index is 3.99. The lowest BCUT2D eigenvalue weighted by Crippen LogP contribution is -2.37. The molecule has 0 aromatic carbocycles. The molecule has 0 saturated heterocycles. The normalized spacial score (nSPS) is 14.0. The molecule has 436 valence electrons. The Kier molecular flexibility index (Phi) is 53.9. The molecule has 0 bridgehead atoms. The van der Waals surface area contributed by atoms with Crippen molar-refractivity contribution in [3.8, 4) is 0 Å². The number of phosphoric ester groups is 1. The number of hydrogen-bond donors (Lipinski definition) is 0. The third-order valence-electron chi connectivity index (χ3n) is 12.8. The first-order valence-electron chi connectivity index (χ1n) is 30.6. The van der Waals surface area contributed by atoms with Gasteiger partial charge in [-0.1, -0.05) is 264 Å². The summed E-state index contributed by atoms with van der Waals surface area (Å²) in [7, 11) is 1.11. The predicted octanol–water partition coefficient (Wildman–Crippen LogP) is 18.7. The van der Waals surface area contributed by atoms with Crippen molar-refractivity contribution in [2.24, 2.45) is 0 Å². The van der Waals surface area contributed by atoms with Crippen LogP contribution < -0.4 is 4.89 Å². The highest BCUT2D eigenvalue weighted by Gasteiger charge is 2.21. The molecule has 0 aromatic heterocycles. The molecule has 0 aliphatic heterocycles. The molecular weight excluding hydrogens is 966 g/mol. The lowest BCUT2D eigenvalue weighted by atomic mass is 10.0. The average Bonchev–Trinajstić information content (AvgIpc) is 3.38. The average molecular weight is 1080 g/mol. The molecule has 0 radical (unpaired) electrons. The molecule has 2 atom stereocenters. The Labute approximate surface area is 467 Å². The van der Waals surface area contributed by atoms with Gasteiger partial charge in [-0.2, -0.15) is 0 Å². The minimum absolute atomic E-state index is 0.00987. The molecule has 76 heavy (non-hydrogen) atoms. The Morgan fingerprint density at radius 2 is 0.750 bits per heavy atom. The van der Waals surface area contributed by atoms with Gasteiger partial charge in [0.2, 0.25) is 0 Å². The Morgan fingerprint density at radius 1 is 0.421 bits per heavy atom. The first-order chi connectivity index (χ1) is 37.0. The van der Waals surface area contributed by atoms with E-state index in [9.17, 15) is 19.0 Å². The van der Waals surface area contributed by atoms with Gasteiger partial charge in [-0.05, 0) is 77.0 Å². The van der Waals surface area contributed by atoms with Gasteiger partial charge in [0.15, 0.2) is 6.10 Å². The Morgan fingerprint density at radius 3 is 1.12 bits per heavy atom. The molecular formula is C66H114NO8P. The van der Waals surface area contributed by atoms with Gasteiger partial charge in [-0.25, -0.2) is 0 Å². The van der Waals surface area contributed by atoms with Crippen LogP contribution in [0.5, 0.6) is 0 Å². The second kappa shape index (κ2) is 56.4. The van der Waals surface area contributed by atoms with Crippen LogP contribution in [0, 0.1) is 0 Å².